The molecule has 0 aliphatic rings. The van der Waals surface area contributed by atoms with Crippen LogP contribution in [-0.4, -0.2) is 32.2 Å². The first-order chi connectivity index (χ1) is 12.5. The van der Waals surface area contributed by atoms with Gasteiger partial charge in [-0.05, 0) is 40.2 Å². The fourth-order valence-electron chi connectivity index (χ4n) is 2.49. The number of fused-ring (bicyclic) bond motifs is 1. The van der Waals surface area contributed by atoms with Gasteiger partial charge in [-0.3, -0.25) is 4.79 Å². The number of ether oxygens (including phenoxy) is 3. The average Bonchev–Trinajstić information content (AvgIpc) is 3.01. The molecule has 0 saturated carbocycles. The molecule has 0 spiro atoms. The van der Waals surface area contributed by atoms with E-state index in [9.17, 15) is 4.79 Å². The molecule has 136 valence electrons. The highest BCUT2D eigenvalue weighted by atomic mass is 79.9. The summed E-state index contributed by atoms with van der Waals surface area (Å²) in [5.74, 6) is 0.927. The third-order valence-corrected chi connectivity index (χ3v) is 5.09. The van der Waals surface area contributed by atoms with Crippen molar-refractivity contribution in [2.75, 3.05) is 32.4 Å². The van der Waals surface area contributed by atoms with E-state index in [1.165, 1.54) is 32.7 Å². The van der Waals surface area contributed by atoms with Gasteiger partial charge in [0.1, 0.15) is 0 Å². The monoisotopic (exact) mass is 437 g/mol. The summed E-state index contributed by atoms with van der Waals surface area (Å²) in [6.07, 6.45) is 0. The number of carbonyl (C=O) groups is 1. The van der Waals surface area contributed by atoms with E-state index < -0.39 is 0 Å². The number of nitrogens with zero attached hydrogens (tertiary/aromatic N) is 1. The third kappa shape index (κ3) is 3.40. The van der Waals surface area contributed by atoms with Crippen molar-refractivity contribution in [1.82, 2.24) is 4.98 Å². The van der Waals surface area contributed by atoms with E-state index in [1.54, 1.807) is 18.2 Å². The molecule has 1 amide bonds. The standard InChI is InChI=1S/C17H16BrN3O4S/c1-23-11-4-8(5-12(24-2)15(11)25-3)16(22)20-9-6-10(18)14-13(7-9)26-17(19)21-14/h4-7H,1-3H3,(H2,19,21)(H,20,22). The van der Waals surface area contributed by atoms with Gasteiger partial charge in [0.05, 0.1) is 31.5 Å². The molecule has 0 radical (unpaired) electrons. The normalized spacial score (nSPS) is 10.6. The van der Waals surface area contributed by atoms with Crippen molar-refractivity contribution in [1.29, 1.82) is 0 Å². The minimum Gasteiger partial charge on any atom is -0.493 e. The van der Waals surface area contributed by atoms with Crippen LogP contribution in [0.1, 0.15) is 10.4 Å². The van der Waals surface area contributed by atoms with Crippen LogP contribution in [0.4, 0.5) is 10.8 Å². The first-order valence-electron chi connectivity index (χ1n) is 7.43. The first kappa shape index (κ1) is 18.3. The van der Waals surface area contributed by atoms with Gasteiger partial charge in [-0.1, -0.05) is 11.3 Å². The van der Waals surface area contributed by atoms with E-state index in [-0.39, 0.29) is 5.91 Å². The van der Waals surface area contributed by atoms with Crippen LogP contribution < -0.4 is 25.3 Å². The highest BCUT2D eigenvalue weighted by Crippen LogP contribution is 2.38. The zero-order valence-electron chi connectivity index (χ0n) is 14.3. The molecule has 7 nitrogen and oxygen atoms in total. The zero-order valence-corrected chi connectivity index (χ0v) is 16.7. The molecule has 0 bridgehead atoms. The fraction of sp³-hybridized carbons (Fsp3) is 0.176. The van der Waals surface area contributed by atoms with E-state index in [0.717, 1.165) is 14.7 Å². The quantitative estimate of drug-likeness (QED) is 0.627. The van der Waals surface area contributed by atoms with Crippen molar-refractivity contribution in [2.24, 2.45) is 0 Å². The van der Waals surface area contributed by atoms with Gasteiger partial charge in [0.2, 0.25) is 5.75 Å². The van der Waals surface area contributed by atoms with Crippen LogP contribution >= 0.6 is 27.3 Å². The van der Waals surface area contributed by atoms with Crippen molar-refractivity contribution >= 4 is 54.2 Å². The number of benzene rings is 2. The maximum absolute atomic E-state index is 12.7. The molecule has 26 heavy (non-hydrogen) atoms. The maximum atomic E-state index is 12.7. The number of amides is 1. The molecule has 0 fully saturated rings. The molecule has 0 aliphatic heterocycles. The number of rotatable bonds is 5. The number of hydrogen-bond donors (Lipinski definition) is 2. The SMILES string of the molecule is COc1cc(C(=O)Nc2cc(Br)c3nc(N)sc3c2)cc(OC)c1OC. The second kappa shape index (κ2) is 7.38. The van der Waals surface area contributed by atoms with Gasteiger partial charge in [-0.15, -0.1) is 0 Å². The Morgan fingerprint density at radius 1 is 1.12 bits per heavy atom. The summed E-state index contributed by atoms with van der Waals surface area (Å²) >= 11 is 4.80. The Morgan fingerprint density at radius 3 is 2.35 bits per heavy atom. The van der Waals surface area contributed by atoms with Crippen LogP contribution in [0.15, 0.2) is 28.7 Å². The number of hydrogen-bond acceptors (Lipinski definition) is 7. The molecule has 3 rings (SSSR count). The molecule has 0 aliphatic carbocycles. The van der Waals surface area contributed by atoms with E-state index in [2.05, 4.69) is 26.2 Å². The number of thiazole rings is 1. The lowest BCUT2D eigenvalue weighted by Gasteiger charge is -2.14. The highest BCUT2D eigenvalue weighted by Gasteiger charge is 2.18. The lowest BCUT2D eigenvalue weighted by atomic mass is 10.1. The summed E-state index contributed by atoms with van der Waals surface area (Å²) in [5.41, 5.74) is 7.51. The molecule has 2 aromatic carbocycles. The Morgan fingerprint density at radius 2 is 1.77 bits per heavy atom. The Hall–Kier alpha value is -2.52. The lowest BCUT2D eigenvalue weighted by Crippen LogP contribution is -2.12. The zero-order chi connectivity index (χ0) is 18.8. The number of nitrogens with two attached hydrogens (primary N) is 1. The number of methoxy groups -OCH3 is 3. The summed E-state index contributed by atoms with van der Waals surface area (Å²) < 4.78 is 17.5. The molecular weight excluding hydrogens is 422 g/mol. The van der Waals surface area contributed by atoms with E-state index in [4.69, 9.17) is 19.9 Å². The van der Waals surface area contributed by atoms with Crippen molar-refractivity contribution in [3.8, 4) is 17.2 Å². The Kier molecular flexibility index (Phi) is 5.19. The number of carbonyl (C=O) groups excluding carboxylic acids is 1. The second-order valence-corrected chi connectivity index (χ2v) is 7.14. The van der Waals surface area contributed by atoms with Crippen LogP contribution in [0.3, 0.4) is 0 Å². The van der Waals surface area contributed by atoms with Crippen molar-refractivity contribution in [3.63, 3.8) is 0 Å². The van der Waals surface area contributed by atoms with Crippen LogP contribution in [0.2, 0.25) is 0 Å². The summed E-state index contributed by atoms with van der Waals surface area (Å²) in [6, 6.07) is 6.78. The number of anilines is 2. The van der Waals surface area contributed by atoms with Gasteiger partial charge in [-0.25, -0.2) is 4.98 Å². The summed E-state index contributed by atoms with van der Waals surface area (Å²) in [7, 11) is 4.50. The van der Waals surface area contributed by atoms with Gasteiger partial charge >= 0.3 is 0 Å². The molecule has 0 atom stereocenters. The predicted octanol–water partition coefficient (Wildman–Crippen LogP) is 3.92. The van der Waals surface area contributed by atoms with Crippen LogP contribution in [0.5, 0.6) is 17.2 Å². The van der Waals surface area contributed by atoms with Crippen LogP contribution in [-0.2, 0) is 0 Å². The molecule has 0 saturated heterocycles. The minimum absolute atomic E-state index is 0.312. The highest BCUT2D eigenvalue weighted by molar-refractivity contribution is 9.10. The number of nitrogen functional groups attached to an aromatic ring is 1. The molecule has 9 heteroatoms. The number of halogens is 1. The smallest absolute Gasteiger partial charge is 0.255 e. The molecule has 3 N–H and O–H groups in total. The van der Waals surface area contributed by atoms with Gasteiger partial charge in [0.25, 0.3) is 5.91 Å². The van der Waals surface area contributed by atoms with Gasteiger partial charge < -0.3 is 25.3 Å². The molecule has 0 unspecified atom stereocenters. The summed E-state index contributed by atoms with van der Waals surface area (Å²) in [5, 5.41) is 3.32. The Bertz CT molecular complexity index is 965. The number of aromatic nitrogens is 1. The number of nitrogens with one attached hydrogen (secondary N) is 1. The fourth-order valence-corrected chi connectivity index (χ4v) is 3.97. The van der Waals surface area contributed by atoms with Crippen molar-refractivity contribution < 1.29 is 19.0 Å². The third-order valence-electron chi connectivity index (χ3n) is 3.65. The average molecular weight is 438 g/mol. The molecule has 1 aromatic heterocycles. The first-order valence-corrected chi connectivity index (χ1v) is 9.04. The topological polar surface area (TPSA) is 95.7 Å². The summed E-state index contributed by atoms with van der Waals surface area (Å²) in [4.78, 5) is 16.9. The Labute approximate surface area is 162 Å². The van der Waals surface area contributed by atoms with Crippen molar-refractivity contribution in [2.45, 2.75) is 0 Å². The van der Waals surface area contributed by atoms with Crippen LogP contribution in [0.25, 0.3) is 10.2 Å². The lowest BCUT2D eigenvalue weighted by molar-refractivity contribution is 0.102. The molecule has 1 heterocycles. The van der Waals surface area contributed by atoms with Gasteiger partial charge in [0, 0.05) is 15.7 Å². The molecule has 3 aromatic rings. The van der Waals surface area contributed by atoms with E-state index >= 15 is 0 Å². The summed E-state index contributed by atoms with van der Waals surface area (Å²) in [6.45, 7) is 0. The van der Waals surface area contributed by atoms with Crippen molar-refractivity contribution in [3.05, 3.63) is 34.3 Å². The van der Waals surface area contributed by atoms with E-state index in [1.807, 2.05) is 6.07 Å². The van der Waals surface area contributed by atoms with Gasteiger partial charge in [0.15, 0.2) is 16.6 Å². The van der Waals surface area contributed by atoms with Crippen LogP contribution in [0, 0.1) is 0 Å². The largest absolute Gasteiger partial charge is 0.493 e. The predicted molar refractivity (Wildman–Crippen MR) is 106 cm³/mol. The molecular formula is C17H16BrN3O4S. The van der Waals surface area contributed by atoms with E-state index in [0.29, 0.717) is 33.6 Å². The maximum Gasteiger partial charge on any atom is 0.255 e. The minimum atomic E-state index is -0.312. The Balaban J connectivity index is 1.95. The van der Waals surface area contributed by atoms with Gasteiger partial charge in [-0.2, -0.15) is 0 Å². The second-order valence-electron chi connectivity index (χ2n) is 5.23.